The molecule has 0 heterocycles. The van der Waals surface area contributed by atoms with Gasteiger partial charge in [0.1, 0.15) is 17.9 Å². The predicted octanol–water partition coefficient (Wildman–Crippen LogP) is 2.06. The number of benzene rings is 1. The van der Waals surface area contributed by atoms with Gasteiger partial charge in [0.15, 0.2) is 0 Å². The molecule has 0 spiro atoms. The van der Waals surface area contributed by atoms with Gasteiger partial charge < -0.3 is 4.74 Å². The lowest BCUT2D eigenvalue weighted by atomic mass is 10.1. The van der Waals surface area contributed by atoms with Crippen molar-refractivity contribution < 1.29 is 4.74 Å². The number of rotatable bonds is 4. The zero-order valence-electron chi connectivity index (χ0n) is 10.4. The van der Waals surface area contributed by atoms with Crippen molar-refractivity contribution in [1.82, 2.24) is 5.32 Å². The minimum atomic E-state index is -0.626. The van der Waals surface area contributed by atoms with Crippen molar-refractivity contribution in [3.05, 3.63) is 29.3 Å². The summed E-state index contributed by atoms with van der Waals surface area (Å²) in [6.45, 7) is 2.19. The smallest absolute Gasteiger partial charge is 0.137 e. The van der Waals surface area contributed by atoms with Gasteiger partial charge in [0.25, 0.3) is 0 Å². The summed E-state index contributed by atoms with van der Waals surface area (Å²) in [7, 11) is 1.77. The summed E-state index contributed by atoms with van der Waals surface area (Å²) in [5, 5.41) is 12.0. The van der Waals surface area contributed by atoms with Crippen LogP contribution in [0.2, 0.25) is 0 Å². The Morgan fingerprint density at radius 3 is 2.88 bits per heavy atom. The van der Waals surface area contributed by atoms with E-state index in [1.165, 1.54) is 24.0 Å². The van der Waals surface area contributed by atoms with Gasteiger partial charge in [-0.05, 0) is 56.5 Å². The van der Waals surface area contributed by atoms with Crippen LogP contribution in [0.4, 0.5) is 0 Å². The third-order valence-corrected chi connectivity index (χ3v) is 3.40. The molecule has 1 aromatic carbocycles. The third kappa shape index (κ3) is 2.59. The highest BCUT2D eigenvalue weighted by molar-refractivity contribution is 5.38. The lowest BCUT2D eigenvalue weighted by Gasteiger charge is -2.21. The van der Waals surface area contributed by atoms with E-state index in [2.05, 4.69) is 23.5 Å². The standard InChI is InChI=1S/C14H18N2O/c1-14(9-15,16-2)10-17-13-7-6-11-4-3-5-12(11)8-13/h6-8,16H,3-5,10H2,1-2H3. The van der Waals surface area contributed by atoms with Crippen molar-refractivity contribution in [2.45, 2.75) is 31.7 Å². The fourth-order valence-corrected chi connectivity index (χ4v) is 2.03. The zero-order valence-corrected chi connectivity index (χ0v) is 10.4. The topological polar surface area (TPSA) is 45.0 Å². The second kappa shape index (κ2) is 4.77. The molecule has 90 valence electrons. The van der Waals surface area contributed by atoms with Crippen LogP contribution in [0, 0.1) is 11.3 Å². The van der Waals surface area contributed by atoms with Crippen molar-refractivity contribution >= 4 is 0 Å². The summed E-state index contributed by atoms with van der Waals surface area (Å²) < 4.78 is 5.69. The first-order valence-electron chi connectivity index (χ1n) is 6.02. The van der Waals surface area contributed by atoms with Crippen LogP contribution in [0.15, 0.2) is 18.2 Å². The van der Waals surface area contributed by atoms with Crippen molar-refractivity contribution in [3.8, 4) is 11.8 Å². The van der Waals surface area contributed by atoms with Gasteiger partial charge in [-0.2, -0.15) is 5.26 Å². The molecule has 1 aliphatic rings. The summed E-state index contributed by atoms with van der Waals surface area (Å²) in [6, 6.07) is 8.46. The fraction of sp³-hybridized carbons (Fsp3) is 0.500. The zero-order chi connectivity index (χ0) is 12.3. The molecule has 1 aliphatic carbocycles. The summed E-state index contributed by atoms with van der Waals surface area (Å²) in [5.74, 6) is 0.863. The highest BCUT2D eigenvalue weighted by Gasteiger charge is 2.22. The van der Waals surface area contributed by atoms with Gasteiger partial charge in [0.05, 0.1) is 6.07 Å². The molecule has 0 aliphatic heterocycles. The molecule has 0 amide bonds. The molecule has 3 nitrogen and oxygen atoms in total. The molecule has 1 N–H and O–H groups in total. The number of likely N-dealkylation sites (N-methyl/N-ethyl adjacent to an activating group) is 1. The lowest BCUT2D eigenvalue weighted by Crippen LogP contribution is -2.43. The van der Waals surface area contributed by atoms with E-state index in [1.54, 1.807) is 7.05 Å². The number of hydrogen-bond acceptors (Lipinski definition) is 3. The molecular weight excluding hydrogens is 212 g/mol. The van der Waals surface area contributed by atoms with E-state index in [9.17, 15) is 0 Å². The second-order valence-corrected chi connectivity index (χ2v) is 4.77. The first-order chi connectivity index (χ1) is 8.17. The average Bonchev–Trinajstić information content (AvgIpc) is 2.83. The Hall–Kier alpha value is -1.53. The van der Waals surface area contributed by atoms with Gasteiger partial charge in [-0.15, -0.1) is 0 Å². The molecule has 0 bridgehead atoms. The predicted molar refractivity (Wildman–Crippen MR) is 67.0 cm³/mol. The van der Waals surface area contributed by atoms with Crippen LogP contribution >= 0.6 is 0 Å². The molecule has 17 heavy (non-hydrogen) atoms. The van der Waals surface area contributed by atoms with E-state index in [0.717, 1.165) is 12.2 Å². The van der Waals surface area contributed by atoms with Crippen LogP contribution in [0.5, 0.6) is 5.75 Å². The molecule has 3 heteroatoms. The first kappa shape index (κ1) is 11.9. The second-order valence-electron chi connectivity index (χ2n) is 4.77. The maximum Gasteiger partial charge on any atom is 0.137 e. The molecule has 2 rings (SSSR count). The number of fused-ring (bicyclic) bond motifs is 1. The SMILES string of the molecule is CNC(C)(C#N)COc1ccc2c(c1)CCC2. The van der Waals surface area contributed by atoms with Crippen molar-refractivity contribution in [2.24, 2.45) is 0 Å². The minimum Gasteiger partial charge on any atom is -0.491 e. The maximum atomic E-state index is 9.03. The Morgan fingerprint density at radius 2 is 2.18 bits per heavy atom. The van der Waals surface area contributed by atoms with E-state index in [1.807, 2.05) is 13.0 Å². The van der Waals surface area contributed by atoms with Gasteiger partial charge in [0, 0.05) is 0 Å². The van der Waals surface area contributed by atoms with Gasteiger partial charge in [-0.25, -0.2) is 0 Å². The van der Waals surface area contributed by atoms with Crippen LogP contribution in [-0.4, -0.2) is 19.2 Å². The summed E-state index contributed by atoms with van der Waals surface area (Å²) >= 11 is 0. The third-order valence-electron chi connectivity index (χ3n) is 3.40. The molecule has 0 fully saturated rings. The first-order valence-corrected chi connectivity index (χ1v) is 6.02. The maximum absolute atomic E-state index is 9.03. The van der Waals surface area contributed by atoms with Crippen molar-refractivity contribution in [1.29, 1.82) is 5.26 Å². The van der Waals surface area contributed by atoms with Crippen LogP contribution in [-0.2, 0) is 12.8 Å². The number of nitrogens with one attached hydrogen (secondary N) is 1. The Labute approximate surface area is 102 Å². The van der Waals surface area contributed by atoms with Crippen LogP contribution < -0.4 is 10.1 Å². The largest absolute Gasteiger partial charge is 0.491 e. The Balaban J connectivity index is 2.03. The van der Waals surface area contributed by atoms with Gasteiger partial charge in [-0.1, -0.05) is 6.07 Å². The van der Waals surface area contributed by atoms with Crippen LogP contribution in [0.25, 0.3) is 0 Å². The number of nitrogens with zero attached hydrogens (tertiary/aromatic N) is 1. The Kier molecular flexibility index (Phi) is 3.35. The molecule has 1 unspecified atom stereocenters. The average molecular weight is 230 g/mol. The van der Waals surface area contributed by atoms with Gasteiger partial charge in [0.2, 0.25) is 0 Å². The fourth-order valence-electron chi connectivity index (χ4n) is 2.03. The summed E-state index contributed by atoms with van der Waals surface area (Å²) in [5.41, 5.74) is 2.21. The Bertz CT molecular complexity index is 450. The highest BCUT2D eigenvalue weighted by Crippen LogP contribution is 2.26. The van der Waals surface area contributed by atoms with E-state index in [-0.39, 0.29) is 0 Å². The molecule has 0 saturated carbocycles. The normalized spacial score (nSPS) is 17.0. The molecule has 1 aromatic rings. The van der Waals surface area contributed by atoms with Crippen LogP contribution in [0.1, 0.15) is 24.5 Å². The molecule has 0 saturated heterocycles. The van der Waals surface area contributed by atoms with E-state index in [0.29, 0.717) is 6.61 Å². The number of ether oxygens (including phenoxy) is 1. The summed E-state index contributed by atoms with van der Waals surface area (Å²) in [6.07, 6.45) is 3.57. The van der Waals surface area contributed by atoms with Gasteiger partial charge >= 0.3 is 0 Å². The Morgan fingerprint density at radius 1 is 1.41 bits per heavy atom. The lowest BCUT2D eigenvalue weighted by molar-refractivity contribution is 0.242. The quantitative estimate of drug-likeness (QED) is 0.861. The number of aryl methyl sites for hydroxylation is 2. The number of hydrogen-bond donors (Lipinski definition) is 1. The van der Waals surface area contributed by atoms with E-state index < -0.39 is 5.54 Å². The summed E-state index contributed by atoms with van der Waals surface area (Å²) in [4.78, 5) is 0. The highest BCUT2D eigenvalue weighted by atomic mass is 16.5. The van der Waals surface area contributed by atoms with Crippen LogP contribution in [0.3, 0.4) is 0 Å². The van der Waals surface area contributed by atoms with E-state index >= 15 is 0 Å². The molecular formula is C14H18N2O. The molecule has 0 radical (unpaired) electrons. The molecule has 0 aromatic heterocycles. The minimum absolute atomic E-state index is 0.360. The molecule has 1 atom stereocenters. The van der Waals surface area contributed by atoms with E-state index in [4.69, 9.17) is 10.00 Å². The van der Waals surface area contributed by atoms with Gasteiger partial charge in [-0.3, -0.25) is 5.32 Å². The number of nitriles is 1. The van der Waals surface area contributed by atoms with Crippen molar-refractivity contribution in [3.63, 3.8) is 0 Å². The van der Waals surface area contributed by atoms with Crippen molar-refractivity contribution in [2.75, 3.05) is 13.7 Å². The monoisotopic (exact) mass is 230 g/mol.